The Balaban J connectivity index is 3.22. The molecule has 0 bridgehead atoms. The Morgan fingerprint density at radius 3 is 2.63 bits per heavy atom. The average molecular weight is 276 g/mol. The molecule has 0 aliphatic heterocycles. The van der Waals surface area contributed by atoms with Gasteiger partial charge in [0, 0.05) is 32.3 Å². The first-order chi connectivity index (χ1) is 9.01. The number of ether oxygens (including phenoxy) is 1. The molecule has 0 aromatic heterocycles. The molecular weight excluding hydrogens is 262 g/mol. The van der Waals surface area contributed by atoms with Crippen molar-refractivity contribution in [3.63, 3.8) is 0 Å². The second kappa shape index (κ2) is 6.95. The van der Waals surface area contributed by atoms with Crippen LogP contribution in [0.2, 0.25) is 0 Å². The molecule has 1 N–H and O–H groups in total. The van der Waals surface area contributed by atoms with Gasteiger partial charge in [-0.05, 0) is 0 Å². The summed E-state index contributed by atoms with van der Waals surface area (Å²) in [6, 6.07) is 1.32. The summed E-state index contributed by atoms with van der Waals surface area (Å²) in [7, 11) is 1.43. The van der Waals surface area contributed by atoms with Crippen molar-refractivity contribution < 1.29 is 23.5 Å². The summed E-state index contributed by atoms with van der Waals surface area (Å²) < 4.78 is 31.5. The first kappa shape index (κ1) is 15.3. The Kier molecular flexibility index (Phi) is 5.58. The highest BCUT2D eigenvalue weighted by molar-refractivity contribution is 5.64. The number of hydrogen-bond donors (Lipinski definition) is 1. The van der Waals surface area contributed by atoms with E-state index >= 15 is 0 Å². The number of hydrogen-bond acceptors (Lipinski definition) is 5. The third-order valence-electron chi connectivity index (χ3n) is 2.47. The van der Waals surface area contributed by atoms with Crippen LogP contribution in [-0.4, -0.2) is 43.4 Å². The highest BCUT2D eigenvalue weighted by atomic mass is 19.1. The average Bonchev–Trinajstić information content (AvgIpc) is 2.32. The van der Waals surface area contributed by atoms with E-state index in [0.29, 0.717) is 6.07 Å². The van der Waals surface area contributed by atoms with E-state index in [1.165, 1.54) is 12.0 Å². The lowest BCUT2D eigenvalue weighted by Crippen LogP contribution is -2.31. The Hall–Kier alpha value is -1.80. The van der Waals surface area contributed by atoms with Crippen LogP contribution in [0.25, 0.3) is 0 Å². The van der Waals surface area contributed by atoms with E-state index in [9.17, 15) is 18.9 Å². The van der Waals surface area contributed by atoms with E-state index in [-0.39, 0.29) is 32.0 Å². The van der Waals surface area contributed by atoms with Gasteiger partial charge in [-0.2, -0.15) is 4.39 Å². The number of aliphatic hydroxyl groups excluding tert-OH is 1. The Bertz CT molecular complexity index is 457. The van der Waals surface area contributed by atoms with Crippen LogP contribution in [0, 0.1) is 21.7 Å². The number of nitrogens with zero attached hydrogens (tertiary/aromatic N) is 2. The molecule has 8 heteroatoms. The van der Waals surface area contributed by atoms with Crippen LogP contribution in [0.5, 0.6) is 0 Å². The predicted molar refractivity (Wildman–Crippen MR) is 64.2 cm³/mol. The van der Waals surface area contributed by atoms with Gasteiger partial charge in [0.05, 0.1) is 18.1 Å². The molecule has 1 aromatic rings. The van der Waals surface area contributed by atoms with E-state index in [1.54, 1.807) is 0 Å². The summed E-state index contributed by atoms with van der Waals surface area (Å²) in [4.78, 5) is 11.2. The van der Waals surface area contributed by atoms with Crippen LogP contribution >= 0.6 is 0 Å². The van der Waals surface area contributed by atoms with Gasteiger partial charge in [0.25, 0.3) is 0 Å². The molecule has 1 aromatic carbocycles. The van der Waals surface area contributed by atoms with Gasteiger partial charge in [-0.25, -0.2) is 4.39 Å². The maximum atomic E-state index is 13.5. The first-order valence-electron chi connectivity index (χ1n) is 5.49. The normalized spacial score (nSPS) is 10.5. The molecule has 0 fully saturated rings. The highest BCUT2D eigenvalue weighted by Gasteiger charge is 2.25. The molecule has 6 nitrogen and oxygen atoms in total. The quantitative estimate of drug-likeness (QED) is 0.600. The maximum Gasteiger partial charge on any atom is 0.328 e. The van der Waals surface area contributed by atoms with Crippen molar-refractivity contribution in [1.29, 1.82) is 0 Å². The smallest absolute Gasteiger partial charge is 0.328 e. The highest BCUT2D eigenvalue weighted by Crippen LogP contribution is 2.31. The summed E-state index contributed by atoms with van der Waals surface area (Å²) in [6.07, 6.45) is 0. The summed E-state index contributed by atoms with van der Waals surface area (Å²) in [6.45, 7) is 0.0716. The van der Waals surface area contributed by atoms with Crippen LogP contribution < -0.4 is 4.90 Å². The van der Waals surface area contributed by atoms with Crippen molar-refractivity contribution in [2.75, 3.05) is 38.3 Å². The van der Waals surface area contributed by atoms with E-state index in [2.05, 4.69) is 0 Å². The SMILES string of the molecule is COCCN(CCO)c1cc(F)cc(F)c1[N+](=O)[O-]. The van der Waals surface area contributed by atoms with E-state index < -0.39 is 22.2 Å². The molecule has 0 atom stereocenters. The molecule has 0 aliphatic carbocycles. The summed E-state index contributed by atoms with van der Waals surface area (Å²) >= 11 is 0. The summed E-state index contributed by atoms with van der Waals surface area (Å²) in [5.41, 5.74) is -1.03. The number of rotatable bonds is 7. The van der Waals surface area contributed by atoms with Gasteiger partial charge in [-0.3, -0.25) is 10.1 Å². The number of aliphatic hydroxyl groups is 1. The van der Waals surface area contributed by atoms with Gasteiger partial charge in [-0.1, -0.05) is 0 Å². The fraction of sp³-hybridized carbons (Fsp3) is 0.455. The Labute approximate surface area is 108 Å². The van der Waals surface area contributed by atoms with Crippen molar-refractivity contribution in [1.82, 2.24) is 0 Å². The minimum atomic E-state index is -1.25. The maximum absolute atomic E-state index is 13.5. The van der Waals surface area contributed by atoms with Gasteiger partial charge in [-0.15, -0.1) is 0 Å². The van der Waals surface area contributed by atoms with Crippen LogP contribution in [0.3, 0.4) is 0 Å². The summed E-state index contributed by atoms with van der Waals surface area (Å²) in [5, 5.41) is 19.8. The second-order valence-corrected chi connectivity index (χ2v) is 3.72. The number of nitro benzene ring substituents is 1. The van der Waals surface area contributed by atoms with Gasteiger partial charge >= 0.3 is 5.69 Å². The summed E-state index contributed by atoms with van der Waals surface area (Å²) in [5.74, 6) is -2.17. The number of nitro groups is 1. The zero-order valence-electron chi connectivity index (χ0n) is 10.3. The van der Waals surface area contributed by atoms with Crippen molar-refractivity contribution in [2.45, 2.75) is 0 Å². The molecule has 0 heterocycles. The third kappa shape index (κ3) is 3.83. The number of methoxy groups -OCH3 is 1. The molecule has 0 aliphatic rings. The second-order valence-electron chi connectivity index (χ2n) is 3.72. The van der Waals surface area contributed by atoms with E-state index in [4.69, 9.17) is 9.84 Å². The minimum absolute atomic E-state index is 0.00704. The van der Waals surface area contributed by atoms with Crippen molar-refractivity contribution in [2.24, 2.45) is 0 Å². The molecule has 0 saturated heterocycles. The predicted octanol–water partition coefficient (Wildman–Crippen LogP) is 1.32. The minimum Gasteiger partial charge on any atom is -0.395 e. The first-order valence-corrected chi connectivity index (χ1v) is 5.49. The molecule has 0 spiro atoms. The fourth-order valence-corrected chi connectivity index (χ4v) is 1.65. The lowest BCUT2D eigenvalue weighted by molar-refractivity contribution is -0.386. The Morgan fingerprint density at radius 2 is 2.11 bits per heavy atom. The van der Waals surface area contributed by atoms with Crippen LogP contribution in [0.1, 0.15) is 0 Å². The largest absolute Gasteiger partial charge is 0.395 e. The zero-order valence-corrected chi connectivity index (χ0v) is 10.3. The molecule has 0 unspecified atom stereocenters. The van der Waals surface area contributed by atoms with Crippen molar-refractivity contribution in [3.8, 4) is 0 Å². The number of anilines is 1. The molecule has 1 rings (SSSR count). The molecule has 19 heavy (non-hydrogen) atoms. The number of halogens is 2. The van der Waals surface area contributed by atoms with Crippen LogP contribution in [-0.2, 0) is 4.74 Å². The topological polar surface area (TPSA) is 75.8 Å². The van der Waals surface area contributed by atoms with Crippen LogP contribution in [0.4, 0.5) is 20.2 Å². The third-order valence-corrected chi connectivity index (χ3v) is 2.47. The van der Waals surface area contributed by atoms with Gasteiger partial charge in [0.2, 0.25) is 5.82 Å². The molecule has 0 amide bonds. The van der Waals surface area contributed by atoms with Gasteiger partial charge in [0.1, 0.15) is 11.5 Å². The van der Waals surface area contributed by atoms with E-state index in [1.807, 2.05) is 0 Å². The van der Waals surface area contributed by atoms with E-state index in [0.717, 1.165) is 6.07 Å². The molecule has 106 valence electrons. The van der Waals surface area contributed by atoms with Gasteiger partial charge in [0.15, 0.2) is 0 Å². The van der Waals surface area contributed by atoms with Crippen molar-refractivity contribution >= 4 is 11.4 Å². The van der Waals surface area contributed by atoms with Crippen molar-refractivity contribution in [3.05, 3.63) is 33.9 Å². The standard InChI is InChI=1S/C11H14F2N2O4/c1-19-5-3-14(2-4-16)10-7-8(12)6-9(13)11(10)15(17)18/h6-7,16H,2-5H2,1H3. The van der Waals surface area contributed by atoms with Crippen LogP contribution in [0.15, 0.2) is 12.1 Å². The lowest BCUT2D eigenvalue weighted by atomic mass is 10.2. The lowest BCUT2D eigenvalue weighted by Gasteiger charge is -2.23. The monoisotopic (exact) mass is 276 g/mol. The molecular formula is C11H14F2N2O4. The van der Waals surface area contributed by atoms with Gasteiger partial charge < -0.3 is 14.7 Å². The zero-order chi connectivity index (χ0) is 14.4. The number of benzene rings is 1. The molecule has 0 saturated carbocycles. The fourth-order valence-electron chi connectivity index (χ4n) is 1.65. The molecule has 0 radical (unpaired) electrons. The Morgan fingerprint density at radius 1 is 1.42 bits per heavy atom.